The summed E-state index contributed by atoms with van der Waals surface area (Å²) in [6.07, 6.45) is 0.288. The van der Waals surface area contributed by atoms with Gasteiger partial charge in [-0.05, 0) is 12.1 Å². The summed E-state index contributed by atoms with van der Waals surface area (Å²) >= 11 is 0. The number of anilines is 1. The van der Waals surface area contributed by atoms with Crippen LogP contribution in [0, 0.1) is 0 Å². The van der Waals surface area contributed by atoms with Gasteiger partial charge in [-0.15, -0.1) is 0 Å². The molecular formula is C13H9NO4. The Balaban J connectivity index is 2.23. The predicted octanol–water partition coefficient (Wildman–Crippen LogP) is 1.45. The Morgan fingerprint density at radius 2 is 1.67 bits per heavy atom. The van der Waals surface area contributed by atoms with Crippen LogP contribution < -0.4 is 10.5 Å². The lowest BCUT2D eigenvalue weighted by Crippen LogP contribution is -2.32. The number of amides is 2. The van der Waals surface area contributed by atoms with Gasteiger partial charge in [-0.3, -0.25) is 9.59 Å². The van der Waals surface area contributed by atoms with Crippen LogP contribution >= 0.6 is 0 Å². The van der Waals surface area contributed by atoms with Gasteiger partial charge < -0.3 is 4.42 Å². The van der Waals surface area contributed by atoms with Crippen molar-refractivity contribution in [3.8, 4) is 0 Å². The van der Waals surface area contributed by atoms with E-state index in [0.717, 1.165) is 4.90 Å². The summed E-state index contributed by atoms with van der Waals surface area (Å²) in [6, 6.07) is 8.47. The molecule has 0 N–H and O–H groups in total. The highest BCUT2D eigenvalue weighted by Crippen LogP contribution is 2.22. The lowest BCUT2D eigenvalue weighted by molar-refractivity contribution is -0.121. The van der Waals surface area contributed by atoms with Crippen LogP contribution in [0.4, 0.5) is 5.69 Å². The van der Waals surface area contributed by atoms with Gasteiger partial charge in [-0.1, -0.05) is 18.2 Å². The Bertz CT molecular complexity index is 700. The first-order valence-electron chi connectivity index (χ1n) is 5.55. The van der Waals surface area contributed by atoms with Crippen LogP contribution in [0.3, 0.4) is 0 Å². The summed E-state index contributed by atoms with van der Waals surface area (Å²) in [4.78, 5) is 35.9. The van der Waals surface area contributed by atoms with Crippen molar-refractivity contribution >= 4 is 28.5 Å². The summed E-state index contributed by atoms with van der Waals surface area (Å²) in [6.45, 7) is 0. The fraction of sp³-hybridized carbons (Fsp3) is 0.154. The van der Waals surface area contributed by atoms with Crippen LogP contribution in [0.15, 0.2) is 39.5 Å². The Kier molecular flexibility index (Phi) is 2.26. The first-order chi connectivity index (χ1) is 8.66. The third-order valence-electron chi connectivity index (χ3n) is 2.92. The van der Waals surface area contributed by atoms with E-state index in [1.54, 1.807) is 24.3 Å². The number of rotatable bonds is 1. The summed E-state index contributed by atoms with van der Waals surface area (Å²) in [5.74, 6) is -0.717. The van der Waals surface area contributed by atoms with Gasteiger partial charge in [0, 0.05) is 18.2 Å². The maximum absolute atomic E-state index is 11.8. The second kappa shape index (κ2) is 3.80. The maximum Gasteiger partial charge on any atom is 0.360 e. The molecule has 90 valence electrons. The number of hydrogen-bond acceptors (Lipinski definition) is 4. The van der Waals surface area contributed by atoms with Crippen molar-refractivity contribution in [2.75, 3.05) is 4.90 Å². The zero-order chi connectivity index (χ0) is 12.7. The van der Waals surface area contributed by atoms with Gasteiger partial charge in [0.1, 0.15) is 11.3 Å². The molecule has 2 aromatic rings. The molecular weight excluding hydrogens is 234 g/mol. The monoisotopic (exact) mass is 243 g/mol. The lowest BCUT2D eigenvalue weighted by atomic mass is 10.2. The van der Waals surface area contributed by atoms with E-state index in [1.165, 1.54) is 6.07 Å². The van der Waals surface area contributed by atoms with Gasteiger partial charge in [0.25, 0.3) is 0 Å². The van der Waals surface area contributed by atoms with Crippen LogP contribution in [0.1, 0.15) is 12.8 Å². The summed E-state index contributed by atoms with van der Waals surface area (Å²) in [5.41, 5.74) is -0.233. The second-order valence-corrected chi connectivity index (χ2v) is 4.08. The summed E-state index contributed by atoms with van der Waals surface area (Å²) in [5, 5.41) is 0.680. The minimum Gasteiger partial charge on any atom is -0.421 e. The van der Waals surface area contributed by atoms with E-state index in [2.05, 4.69) is 0 Å². The summed E-state index contributed by atoms with van der Waals surface area (Å²) < 4.78 is 5.10. The third-order valence-corrected chi connectivity index (χ3v) is 2.92. The molecule has 1 aliphatic rings. The molecule has 5 nitrogen and oxygen atoms in total. The fourth-order valence-corrected chi connectivity index (χ4v) is 2.05. The number of carbonyl (C=O) groups is 2. The minimum absolute atomic E-state index is 0.00111. The first kappa shape index (κ1) is 10.7. The standard InChI is InChI=1S/C13H9NO4/c15-11-5-6-12(16)14(11)9-7-8-3-1-2-4-10(8)18-13(9)17/h1-4,7H,5-6H2. The fourth-order valence-electron chi connectivity index (χ4n) is 2.05. The van der Waals surface area contributed by atoms with Crippen molar-refractivity contribution < 1.29 is 14.0 Å². The molecule has 2 heterocycles. The number of benzene rings is 1. The molecule has 1 aromatic heterocycles. The van der Waals surface area contributed by atoms with Gasteiger partial charge in [0.15, 0.2) is 0 Å². The van der Waals surface area contributed by atoms with Crippen LogP contribution in [0.5, 0.6) is 0 Å². The van der Waals surface area contributed by atoms with Crippen molar-refractivity contribution in [1.82, 2.24) is 0 Å². The molecule has 0 radical (unpaired) electrons. The Labute approximate surface area is 102 Å². The smallest absolute Gasteiger partial charge is 0.360 e. The van der Waals surface area contributed by atoms with Gasteiger partial charge in [-0.2, -0.15) is 0 Å². The highest BCUT2D eigenvalue weighted by molar-refractivity contribution is 6.20. The van der Waals surface area contributed by atoms with Crippen molar-refractivity contribution in [3.05, 3.63) is 40.8 Å². The van der Waals surface area contributed by atoms with Gasteiger partial charge in [0.2, 0.25) is 11.8 Å². The topological polar surface area (TPSA) is 67.6 Å². The molecule has 2 amide bonds. The molecule has 0 atom stereocenters. The molecule has 18 heavy (non-hydrogen) atoms. The van der Waals surface area contributed by atoms with E-state index in [-0.39, 0.29) is 30.3 Å². The van der Waals surface area contributed by atoms with E-state index >= 15 is 0 Å². The van der Waals surface area contributed by atoms with Crippen molar-refractivity contribution in [3.63, 3.8) is 0 Å². The average molecular weight is 243 g/mol. The summed E-state index contributed by atoms with van der Waals surface area (Å²) in [7, 11) is 0. The highest BCUT2D eigenvalue weighted by atomic mass is 16.4. The molecule has 0 spiro atoms. The molecule has 3 rings (SSSR count). The number of hydrogen-bond donors (Lipinski definition) is 0. The number of imide groups is 1. The Morgan fingerprint density at radius 3 is 2.39 bits per heavy atom. The van der Waals surface area contributed by atoms with Gasteiger partial charge >= 0.3 is 5.63 Å². The van der Waals surface area contributed by atoms with Crippen molar-refractivity contribution in [2.24, 2.45) is 0 Å². The van der Waals surface area contributed by atoms with Gasteiger partial charge in [0.05, 0.1) is 0 Å². The quantitative estimate of drug-likeness (QED) is 0.561. The van der Waals surface area contributed by atoms with E-state index in [1.807, 2.05) is 0 Å². The molecule has 1 fully saturated rings. The van der Waals surface area contributed by atoms with E-state index < -0.39 is 5.63 Å². The second-order valence-electron chi connectivity index (χ2n) is 4.08. The van der Waals surface area contributed by atoms with Crippen LogP contribution in [0.2, 0.25) is 0 Å². The zero-order valence-corrected chi connectivity index (χ0v) is 9.38. The minimum atomic E-state index is -0.669. The predicted molar refractivity (Wildman–Crippen MR) is 64.2 cm³/mol. The number of nitrogens with zero attached hydrogens (tertiary/aromatic N) is 1. The third kappa shape index (κ3) is 1.52. The maximum atomic E-state index is 11.8. The normalized spacial score (nSPS) is 15.7. The van der Waals surface area contributed by atoms with Crippen LogP contribution in [0.25, 0.3) is 11.0 Å². The number of carbonyl (C=O) groups excluding carboxylic acids is 2. The highest BCUT2D eigenvalue weighted by Gasteiger charge is 2.32. The van der Waals surface area contributed by atoms with Crippen LogP contribution in [-0.2, 0) is 9.59 Å². The van der Waals surface area contributed by atoms with Gasteiger partial charge in [-0.25, -0.2) is 9.69 Å². The van der Waals surface area contributed by atoms with E-state index in [0.29, 0.717) is 11.0 Å². The average Bonchev–Trinajstić information content (AvgIpc) is 2.68. The Hall–Kier alpha value is -2.43. The Morgan fingerprint density at radius 1 is 1.00 bits per heavy atom. The zero-order valence-electron chi connectivity index (χ0n) is 9.38. The molecule has 1 aromatic carbocycles. The largest absolute Gasteiger partial charge is 0.421 e. The first-order valence-corrected chi connectivity index (χ1v) is 5.55. The molecule has 1 aliphatic heterocycles. The molecule has 0 aliphatic carbocycles. The molecule has 0 saturated carbocycles. The molecule has 0 unspecified atom stereocenters. The number of fused-ring (bicyclic) bond motifs is 1. The molecule has 0 bridgehead atoms. The molecule has 5 heteroatoms. The molecule has 1 saturated heterocycles. The van der Waals surface area contributed by atoms with E-state index in [9.17, 15) is 14.4 Å². The SMILES string of the molecule is O=C1CCC(=O)N1c1cc2ccccc2oc1=O. The van der Waals surface area contributed by atoms with E-state index in [4.69, 9.17) is 4.42 Å². The van der Waals surface area contributed by atoms with Crippen molar-refractivity contribution in [1.29, 1.82) is 0 Å². The van der Waals surface area contributed by atoms with Crippen molar-refractivity contribution in [2.45, 2.75) is 12.8 Å². The van der Waals surface area contributed by atoms with Crippen LogP contribution in [-0.4, -0.2) is 11.8 Å². The lowest BCUT2D eigenvalue weighted by Gasteiger charge is -2.12. The number of para-hydroxylation sites is 1.